The number of carbonyl (C=O) groups is 1. The van der Waals surface area contributed by atoms with Crippen LogP contribution in [0.25, 0.3) is 0 Å². The maximum absolute atomic E-state index is 12.0. The number of nitro benzene ring substituents is 1. The van der Waals surface area contributed by atoms with E-state index in [2.05, 4.69) is 5.32 Å². The molecule has 0 atom stereocenters. The van der Waals surface area contributed by atoms with Gasteiger partial charge in [0.25, 0.3) is 11.6 Å². The first-order valence-corrected chi connectivity index (χ1v) is 7.53. The van der Waals surface area contributed by atoms with Gasteiger partial charge in [0, 0.05) is 17.8 Å². The summed E-state index contributed by atoms with van der Waals surface area (Å²) in [5, 5.41) is 13.4. The number of amides is 1. The average Bonchev–Trinajstić information content (AvgIpc) is 2.42. The molecule has 1 aromatic rings. The van der Waals surface area contributed by atoms with Gasteiger partial charge in [0.1, 0.15) is 0 Å². The first-order chi connectivity index (χ1) is 10.1. The van der Waals surface area contributed by atoms with Gasteiger partial charge in [-0.3, -0.25) is 14.9 Å². The van der Waals surface area contributed by atoms with Crippen LogP contribution in [0.5, 0.6) is 0 Å². The van der Waals surface area contributed by atoms with Crippen LogP contribution in [-0.4, -0.2) is 30.5 Å². The van der Waals surface area contributed by atoms with Gasteiger partial charge in [0.15, 0.2) is 6.54 Å². The highest BCUT2D eigenvalue weighted by atomic mass is 16.6. The number of nitrogens with zero attached hydrogens (tertiary/aromatic N) is 1. The van der Waals surface area contributed by atoms with Crippen LogP contribution in [0.3, 0.4) is 0 Å². The summed E-state index contributed by atoms with van der Waals surface area (Å²) in [5.74, 6) is -0.0283. The van der Waals surface area contributed by atoms with Crippen molar-refractivity contribution < 1.29 is 14.6 Å². The van der Waals surface area contributed by atoms with Gasteiger partial charge >= 0.3 is 0 Å². The predicted molar refractivity (Wildman–Crippen MR) is 80.4 cm³/mol. The number of hydrogen-bond acceptors (Lipinski definition) is 3. The van der Waals surface area contributed by atoms with E-state index in [9.17, 15) is 14.9 Å². The van der Waals surface area contributed by atoms with E-state index in [0.29, 0.717) is 12.2 Å². The Morgan fingerprint density at radius 1 is 1.10 bits per heavy atom. The zero-order valence-electron chi connectivity index (χ0n) is 12.1. The van der Waals surface area contributed by atoms with Gasteiger partial charge in [0.05, 0.1) is 18.0 Å². The van der Waals surface area contributed by atoms with Crippen LogP contribution in [0.15, 0.2) is 24.3 Å². The molecule has 6 heteroatoms. The molecule has 0 aromatic heterocycles. The van der Waals surface area contributed by atoms with E-state index in [1.807, 2.05) is 0 Å². The quantitative estimate of drug-likeness (QED) is 0.650. The van der Waals surface area contributed by atoms with E-state index >= 15 is 0 Å². The lowest BCUT2D eigenvalue weighted by molar-refractivity contribution is -0.892. The van der Waals surface area contributed by atoms with Crippen LogP contribution >= 0.6 is 0 Å². The van der Waals surface area contributed by atoms with E-state index in [1.54, 1.807) is 12.1 Å². The third-order valence-corrected chi connectivity index (χ3v) is 3.83. The van der Waals surface area contributed by atoms with Gasteiger partial charge in [-0.25, -0.2) is 0 Å². The van der Waals surface area contributed by atoms with Crippen LogP contribution in [-0.2, 0) is 4.79 Å². The summed E-state index contributed by atoms with van der Waals surface area (Å²) in [4.78, 5) is 23.5. The molecule has 0 unspecified atom stereocenters. The monoisotopic (exact) mass is 292 g/mol. The highest BCUT2D eigenvalue weighted by Gasteiger charge is 2.16. The molecule has 0 bridgehead atoms. The molecule has 114 valence electrons. The molecular formula is C15H22N3O3+. The summed E-state index contributed by atoms with van der Waals surface area (Å²) in [6, 6.07) is 5.94. The highest BCUT2D eigenvalue weighted by Crippen LogP contribution is 2.15. The second-order valence-corrected chi connectivity index (χ2v) is 5.55. The Balaban J connectivity index is 1.84. The number of nitro groups is 1. The molecule has 0 aliphatic carbocycles. The molecule has 2 N–H and O–H groups in total. The van der Waals surface area contributed by atoms with E-state index in [1.165, 1.54) is 49.1 Å². The Labute approximate surface area is 124 Å². The van der Waals surface area contributed by atoms with Gasteiger partial charge in [-0.05, 0) is 37.8 Å². The van der Waals surface area contributed by atoms with Crippen LogP contribution < -0.4 is 10.2 Å². The van der Waals surface area contributed by atoms with Gasteiger partial charge in [0.2, 0.25) is 0 Å². The molecule has 21 heavy (non-hydrogen) atoms. The smallest absolute Gasteiger partial charge is 0.279 e. The number of carbonyl (C=O) groups excluding carboxylic acids is 1. The molecule has 2 rings (SSSR count). The topological polar surface area (TPSA) is 76.7 Å². The fraction of sp³-hybridized carbons (Fsp3) is 0.533. The standard InChI is InChI=1S/C15H21N3O3/c19-15(12-17-10-4-2-1-3-5-11-17)16-13-6-8-14(9-7-13)18(20)21/h6-9H,1-5,10-12H2,(H,16,19)/p+1. The Bertz CT molecular complexity index is 479. The Kier molecular flexibility index (Phi) is 5.68. The largest absolute Gasteiger partial charge is 0.327 e. The van der Waals surface area contributed by atoms with Gasteiger partial charge in [-0.15, -0.1) is 0 Å². The van der Waals surface area contributed by atoms with Gasteiger partial charge in [-0.2, -0.15) is 0 Å². The molecule has 1 heterocycles. The van der Waals surface area contributed by atoms with E-state index in [-0.39, 0.29) is 11.6 Å². The lowest BCUT2D eigenvalue weighted by Gasteiger charge is -2.21. The van der Waals surface area contributed by atoms with E-state index in [0.717, 1.165) is 13.1 Å². The SMILES string of the molecule is O=C(C[NH+]1CCCCCCC1)Nc1ccc([N+](=O)[O-])cc1. The third-order valence-electron chi connectivity index (χ3n) is 3.83. The van der Waals surface area contributed by atoms with Crippen molar-refractivity contribution in [2.75, 3.05) is 25.0 Å². The maximum Gasteiger partial charge on any atom is 0.279 e. The summed E-state index contributed by atoms with van der Waals surface area (Å²) in [7, 11) is 0. The van der Waals surface area contributed by atoms with Crippen molar-refractivity contribution in [3.63, 3.8) is 0 Å². The van der Waals surface area contributed by atoms with E-state index < -0.39 is 4.92 Å². The van der Waals surface area contributed by atoms with Crippen molar-refractivity contribution in [1.82, 2.24) is 0 Å². The van der Waals surface area contributed by atoms with Crippen molar-refractivity contribution in [2.24, 2.45) is 0 Å². The van der Waals surface area contributed by atoms with Crippen molar-refractivity contribution in [1.29, 1.82) is 0 Å². The second kappa shape index (κ2) is 7.73. The molecule has 1 fully saturated rings. The molecule has 1 saturated heterocycles. The van der Waals surface area contributed by atoms with Crippen LogP contribution in [0.1, 0.15) is 32.1 Å². The van der Waals surface area contributed by atoms with Crippen LogP contribution in [0, 0.1) is 10.1 Å². The number of nitrogens with one attached hydrogen (secondary N) is 2. The number of quaternary nitrogens is 1. The molecule has 1 aromatic carbocycles. The number of rotatable bonds is 4. The summed E-state index contributed by atoms with van der Waals surface area (Å²) in [5.41, 5.74) is 0.638. The normalized spacial score (nSPS) is 16.8. The number of hydrogen-bond donors (Lipinski definition) is 2. The molecule has 1 aliphatic heterocycles. The minimum absolute atomic E-state index is 0.0283. The third kappa shape index (κ3) is 5.15. The van der Waals surface area contributed by atoms with Gasteiger partial charge < -0.3 is 10.2 Å². The molecule has 1 amide bonds. The summed E-state index contributed by atoms with van der Waals surface area (Å²) in [6.07, 6.45) is 6.18. The van der Waals surface area contributed by atoms with Crippen LogP contribution in [0.4, 0.5) is 11.4 Å². The fourth-order valence-corrected chi connectivity index (χ4v) is 2.68. The van der Waals surface area contributed by atoms with Crippen LogP contribution in [0.2, 0.25) is 0 Å². The summed E-state index contributed by atoms with van der Waals surface area (Å²) < 4.78 is 0. The molecule has 6 nitrogen and oxygen atoms in total. The number of non-ortho nitro benzene ring substituents is 1. The predicted octanol–water partition coefficient (Wildman–Crippen LogP) is 1.38. The van der Waals surface area contributed by atoms with Crippen molar-refractivity contribution >= 4 is 17.3 Å². The first kappa shape index (κ1) is 15.4. The Hall–Kier alpha value is -1.95. The fourth-order valence-electron chi connectivity index (χ4n) is 2.68. The molecule has 1 aliphatic rings. The second-order valence-electron chi connectivity index (χ2n) is 5.55. The van der Waals surface area contributed by atoms with Crippen molar-refractivity contribution in [3.05, 3.63) is 34.4 Å². The highest BCUT2D eigenvalue weighted by molar-refractivity contribution is 5.91. The summed E-state index contributed by atoms with van der Waals surface area (Å²) >= 11 is 0. The minimum atomic E-state index is -0.448. The molecular weight excluding hydrogens is 270 g/mol. The van der Waals surface area contributed by atoms with Crippen molar-refractivity contribution in [2.45, 2.75) is 32.1 Å². The zero-order valence-corrected chi connectivity index (χ0v) is 12.1. The molecule has 0 spiro atoms. The average molecular weight is 292 g/mol. The number of benzene rings is 1. The molecule has 0 saturated carbocycles. The lowest BCUT2D eigenvalue weighted by atomic mass is 10.1. The maximum atomic E-state index is 12.0. The molecule has 0 radical (unpaired) electrons. The number of likely N-dealkylation sites (tertiary alicyclic amines) is 1. The van der Waals surface area contributed by atoms with Gasteiger partial charge in [-0.1, -0.05) is 6.42 Å². The summed E-state index contributed by atoms with van der Waals surface area (Å²) in [6.45, 7) is 2.57. The number of anilines is 1. The Morgan fingerprint density at radius 3 is 2.24 bits per heavy atom. The minimum Gasteiger partial charge on any atom is -0.327 e. The zero-order chi connectivity index (χ0) is 15.1. The Morgan fingerprint density at radius 2 is 1.67 bits per heavy atom. The van der Waals surface area contributed by atoms with Crippen molar-refractivity contribution in [3.8, 4) is 0 Å². The van der Waals surface area contributed by atoms with E-state index in [4.69, 9.17) is 0 Å². The first-order valence-electron chi connectivity index (χ1n) is 7.53. The lowest BCUT2D eigenvalue weighted by Crippen LogP contribution is -3.13.